The van der Waals surface area contributed by atoms with Gasteiger partial charge in [-0.05, 0) is 44.8 Å². The van der Waals surface area contributed by atoms with Crippen LogP contribution in [-0.2, 0) is 0 Å². The fourth-order valence-corrected chi connectivity index (χ4v) is 3.26. The molecule has 0 saturated carbocycles. The van der Waals surface area contributed by atoms with Crippen LogP contribution in [0.2, 0.25) is 0 Å². The first kappa shape index (κ1) is 15.0. The zero-order valence-corrected chi connectivity index (χ0v) is 12.2. The van der Waals surface area contributed by atoms with E-state index < -0.39 is 0 Å². The van der Waals surface area contributed by atoms with Gasteiger partial charge in [-0.2, -0.15) is 0 Å². The van der Waals surface area contributed by atoms with Gasteiger partial charge in [0.05, 0.1) is 0 Å². The monoisotopic (exact) mass is 240 g/mol. The highest BCUT2D eigenvalue weighted by molar-refractivity contribution is 4.80. The maximum absolute atomic E-state index is 3.38. The van der Waals surface area contributed by atoms with Gasteiger partial charge in [0, 0.05) is 13.1 Å². The summed E-state index contributed by atoms with van der Waals surface area (Å²) in [4.78, 5) is 2.71. The minimum absolute atomic E-state index is 0.461. The minimum atomic E-state index is 0.461. The maximum atomic E-state index is 3.38. The van der Waals surface area contributed by atoms with Crippen LogP contribution < -0.4 is 5.32 Å². The Morgan fingerprint density at radius 1 is 1.06 bits per heavy atom. The molecule has 2 heteroatoms. The van der Waals surface area contributed by atoms with Crippen molar-refractivity contribution in [3.8, 4) is 0 Å². The fourth-order valence-electron chi connectivity index (χ4n) is 3.26. The Morgan fingerprint density at radius 3 is 2.18 bits per heavy atom. The van der Waals surface area contributed by atoms with E-state index in [2.05, 4.69) is 31.1 Å². The number of rotatable bonds is 6. The molecule has 1 aliphatic heterocycles. The highest BCUT2D eigenvalue weighted by Crippen LogP contribution is 2.25. The van der Waals surface area contributed by atoms with Gasteiger partial charge in [0.25, 0.3) is 0 Å². The van der Waals surface area contributed by atoms with Gasteiger partial charge in [-0.25, -0.2) is 0 Å². The molecule has 1 unspecified atom stereocenters. The Labute approximate surface area is 108 Å². The van der Waals surface area contributed by atoms with Crippen LogP contribution in [0.1, 0.15) is 58.8 Å². The van der Waals surface area contributed by atoms with Gasteiger partial charge in [0.2, 0.25) is 0 Å². The van der Waals surface area contributed by atoms with E-state index in [1.165, 1.54) is 64.6 Å². The van der Waals surface area contributed by atoms with E-state index >= 15 is 0 Å². The Kier molecular flexibility index (Phi) is 7.14. The summed E-state index contributed by atoms with van der Waals surface area (Å²) >= 11 is 0. The van der Waals surface area contributed by atoms with Gasteiger partial charge in [0.1, 0.15) is 0 Å². The average molecular weight is 240 g/mol. The van der Waals surface area contributed by atoms with Gasteiger partial charge < -0.3 is 10.2 Å². The Balaban J connectivity index is 2.45. The van der Waals surface area contributed by atoms with Crippen molar-refractivity contribution in [3.63, 3.8) is 0 Å². The topological polar surface area (TPSA) is 15.3 Å². The Hall–Kier alpha value is -0.0800. The molecule has 0 aromatic rings. The number of nitrogens with one attached hydrogen (secondary N) is 1. The average Bonchev–Trinajstić information content (AvgIpc) is 2.22. The van der Waals surface area contributed by atoms with E-state index in [-0.39, 0.29) is 0 Å². The van der Waals surface area contributed by atoms with E-state index in [9.17, 15) is 0 Å². The lowest BCUT2D eigenvalue weighted by Crippen LogP contribution is -2.42. The number of nitrogens with zero attached hydrogens (tertiary/aromatic N) is 1. The molecule has 0 aromatic heterocycles. The van der Waals surface area contributed by atoms with E-state index in [4.69, 9.17) is 0 Å². The molecule has 0 aromatic carbocycles. The van der Waals surface area contributed by atoms with Crippen LogP contribution in [0.25, 0.3) is 0 Å². The first-order valence-corrected chi connectivity index (χ1v) is 7.57. The van der Waals surface area contributed by atoms with E-state index in [0.717, 1.165) is 6.54 Å². The van der Waals surface area contributed by atoms with Gasteiger partial charge in [-0.3, -0.25) is 0 Å². The second kappa shape index (κ2) is 8.10. The summed E-state index contributed by atoms with van der Waals surface area (Å²) < 4.78 is 0. The van der Waals surface area contributed by atoms with Crippen molar-refractivity contribution in [2.24, 2.45) is 5.41 Å². The normalized spacial score (nSPS) is 22.8. The Bertz CT molecular complexity index is 177. The maximum Gasteiger partial charge on any atom is 0.00475 e. The van der Waals surface area contributed by atoms with Crippen molar-refractivity contribution >= 4 is 0 Å². The highest BCUT2D eigenvalue weighted by Gasteiger charge is 2.25. The molecule has 0 radical (unpaired) electrons. The lowest BCUT2D eigenvalue weighted by Gasteiger charge is -2.36. The minimum Gasteiger partial charge on any atom is -0.319 e. The molecule has 0 spiro atoms. The van der Waals surface area contributed by atoms with Crippen LogP contribution in [0.4, 0.5) is 0 Å². The predicted molar refractivity (Wildman–Crippen MR) is 76.5 cm³/mol. The molecule has 0 amide bonds. The summed E-state index contributed by atoms with van der Waals surface area (Å²) in [6.45, 7) is 9.83. The third-order valence-electron chi connectivity index (χ3n) is 4.01. The van der Waals surface area contributed by atoms with Crippen LogP contribution in [0.5, 0.6) is 0 Å². The number of likely N-dealkylation sites (tertiary alicyclic amines) is 1. The molecule has 2 nitrogen and oxygen atoms in total. The molecule has 1 rings (SSSR count). The zero-order chi connectivity index (χ0) is 12.6. The van der Waals surface area contributed by atoms with Crippen molar-refractivity contribution in [2.75, 3.05) is 33.2 Å². The lowest BCUT2D eigenvalue weighted by molar-refractivity contribution is 0.142. The van der Waals surface area contributed by atoms with Crippen LogP contribution >= 0.6 is 0 Å². The van der Waals surface area contributed by atoms with Crippen molar-refractivity contribution < 1.29 is 0 Å². The smallest absolute Gasteiger partial charge is 0.00475 e. The summed E-state index contributed by atoms with van der Waals surface area (Å²) in [6.07, 6.45) is 9.77. The van der Waals surface area contributed by atoms with Crippen molar-refractivity contribution in [3.05, 3.63) is 0 Å². The predicted octanol–water partition coefficient (Wildman–Crippen LogP) is 3.28. The molecular formula is C15H32N2. The molecule has 0 aliphatic carbocycles. The molecular weight excluding hydrogens is 208 g/mol. The molecule has 1 N–H and O–H groups in total. The van der Waals surface area contributed by atoms with Crippen molar-refractivity contribution in [1.29, 1.82) is 0 Å². The fraction of sp³-hybridized carbons (Fsp3) is 1.00. The van der Waals surface area contributed by atoms with E-state index in [1.54, 1.807) is 0 Å². The van der Waals surface area contributed by atoms with Crippen molar-refractivity contribution in [1.82, 2.24) is 10.2 Å². The Morgan fingerprint density at radius 2 is 1.65 bits per heavy atom. The second-order valence-electron chi connectivity index (χ2n) is 6.13. The number of hydrogen-bond donors (Lipinski definition) is 1. The first-order chi connectivity index (χ1) is 8.20. The summed E-state index contributed by atoms with van der Waals surface area (Å²) in [7, 11) is 2.08. The zero-order valence-electron chi connectivity index (χ0n) is 12.2. The van der Waals surface area contributed by atoms with Crippen LogP contribution in [0, 0.1) is 5.41 Å². The quantitative estimate of drug-likeness (QED) is 0.766. The van der Waals surface area contributed by atoms with E-state index in [1.807, 2.05) is 0 Å². The lowest BCUT2D eigenvalue weighted by atomic mass is 9.84. The van der Waals surface area contributed by atoms with Gasteiger partial charge in [0.15, 0.2) is 0 Å². The summed E-state index contributed by atoms with van der Waals surface area (Å²) in [5.41, 5.74) is 0.461. The molecule has 0 bridgehead atoms. The van der Waals surface area contributed by atoms with Crippen LogP contribution in [-0.4, -0.2) is 38.1 Å². The summed E-state index contributed by atoms with van der Waals surface area (Å²) in [5.74, 6) is 0. The first-order valence-electron chi connectivity index (χ1n) is 7.57. The van der Waals surface area contributed by atoms with Crippen molar-refractivity contribution in [2.45, 2.75) is 58.8 Å². The SMILES string of the molecule is CCCC(C)(CNC)CN1CCCCCCC1. The second-order valence-corrected chi connectivity index (χ2v) is 6.13. The summed E-state index contributed by atoms with van der Waals surface area (Å²) in [5, 5.41) is 3.38. The summed E-state index contributed by atoms with van der Waals surface area (Å²) in [6, 6.07) is 0. The van der Waals surface area contributed by atoms with Gasteiger partial charge in [-0.1, -0.05) is 39.5 Å². The van der Waals surface area contributed by atoms with Gasteiger partial charge >= 0.3 is 0 Å². The van der Waals surface area contributed by atoms with Crippen LogP contribution in [0.15, 0.2) is 0 Å². The third-order valence-corrected chi connectivity index (χ3v) is 4.01. The molecule has 1 aliphatic rings. The molecule has 1 fully saturated rings. The molecule has 1 atom stereocenters. The van der Waals surface area contributed by atoms with Gasteiger partial charge in [-0.15, -0.1) is 0 Å². The van der Waals surface area contributed by atoms with E-state index in [0.29, 0.717) is 5.41 Å². The molecule has 102 valence electrons. The number of hydrogen-bond acceptors (Lipinski definition) is 2. The molecule has 1 saturated heterocycles. The highest BCUT2D eigenvalue weighted by atomic mass is 15.1. The van der Waals surface area contributed by atoms with Crippen LogP contribution in [0.3, 0.4) is 0 Å². The molecule has 1 heterocycles. The standard InChI is InChI=1S/C15H32N2/c1-4-10-15(2,13-16-3)14-17-11-8-6-5-7-9-12-17/h16H,4-14H2,1-3H3. The third kappa shape index (κ3) is 5.87. The molecule has 17 heavy (non-hydrogen) atoms. The largest absolute Gasteiger partial charge is 0.319 e.